The normalized spacial score (nSPS) is 17.5. The molecule has 1 aliphatic rings. The second kappa shape index (κ2) is 5.88. The Hall–Kier alpha value is -0.470. The third-order valence-corrected chi connectivity index (χ3v) is 6.61. The molecule has 2 heterocycles. The Kier molecular flexibility index (Phi) is 4.62. The number of aromatic nitrogens is 1. The van der Waals surface area contributed by atoms with E-state index in [4.69, 9.17) is 16.3 Å². The lowest BCUT2D eigenvalue weighted by molar-refractivity contribution is 0.219. The molecule has 8 heteroatoms. The van der Waals surface area contributed by atoms with Gasteiger partial charge >= 0.3 is 0 Å². The molecule has 2 rings (SSSR count). The Bertz CT molecular complexity index is 595. The Morgan fingerprint density at radius 3 is 2.79 bits per heavy atom. The van der Waals surface area contributed by atoms with Gasteiger partial charge in [0.2, 0.25) is 0 Å². The maximum atomic E-state index is 12.5. The molecule has 0 atom stereocenters. The summed E-state index contributed by atoms with van der Waals surface area (Å²) in [6.07, 6.45) is 2.60. The van der Waals surface area contributed by atoms with Crippen molar-refractivity contribution in [1.82, 2.24) is 9.29 Å². The number of hydrogen-bond acceptors (Lipinski definition) is 5. The summed E-state index contributed by atoms with van der Waals surface area (Å²) in [4.78, 5) is 3.96. The molecule has 0 saturated carbocycles. The van der Waals surface area contributed by atoms with Crippen LogP contribution in [0.2, 0.25) is 4.47 Å². The first-order valence-electron chi connectivity index (χ1n) is 5.75. The van der Waals surface area contributed by atoms with E-state index in [0.29, 0.717) is 31.8 Å². The van der Waals surface area contributed by atoms with Gasteiger partial charge in [0.1, 0.15) is 0 Å². The van der Waals surface area contributed by atoms with Crippen molar-refractivity contribution in [2.75, 3.05) is 26.8 Å². The van der Waals surface area contributed by atoms with Gasteiger partial charge < -0.3 is 4.74 Å². The van der Waals surface area contributed by atoms with Gasteiger partial charge in [-0.1, -0.05) is 29.0 Å². The zero-order valence-electron chi connectivity index (χ0n) is 10.7. The number of hydrogen-bond donors (Lipinski definition) is 0. The maximum Gasteiger partial charge on any atom is 0.254 e. The number of aryl methyl sites for hydroxylation is 1. The van der Waals surface area contributed by atoms with E-state index in [1.165, 1.54) is 4.31 Å². The van der Waals surface area contributed by atoms with E-state index in [0.717, 1.165) is 16.9 Å². The summed E-state index contributed by atoms with van der Waals surface area (Å²) in [6.45, 7) is 3.05. The third kappa shape index (κ3) is 3.17. The quantitative estimate of drug-likeness (QED) is 0.796. The highest BCUT2D eigenvalue weighted by Crippen LogP contribution is 2.30. The van der Waals surface area contributed by atoms with Gasteiger partial charge in [0, 0.05) is 20.2 Å². The van der Waals surface area contributed by atoms with E-state index < -0.39 is 10.0 Å². The first kappa shape index (κ1) is 14.9. The topological polar surface area (TPSA) is 59.5 Å². The molecule has 0 bridgehead atoms. The summed E-state index contributed by atoms with van der Waals surface area (Å²) in [7, 11) is -1.86. The summed E-state index contributed by atoms with van der Waals surface area (Å²) < 4.78 is 31.9. The van der Waals surface area contributed by atoms with Gasteiger partial charge in [-0.15, -0.1) is 0 Å². The number of halogens is 1. The van der Waals surface area contributed by atoms with Crippen LogP contribution in [-0.4, -0.2) is 44.5 Å². The average molecular weight is 323 g/mol. The van der Waals surface area contributed by atoms with Crippen LogP contribution < -0.4 is 0 Å². The van der Waals surface area contributed by atoms with Gasteiger partial charge in [0.05, 0.1) is 12.3 Å². The van der Waals surface area contributed by atoms with Crippen LogP contribution in [0.5, 0.6) is 0 Å². The van der Waals surface area contributed by atoms with Crippen molar-refractivity contribution in [3.05, 3.63) is 21.8 Å². The zero-order valence-corrected chi connectivity index (χ0v) is 13.1. The van der Waals surface area contributed by atoms with Crippen molar-refractivity contribution in [1.29, 1.82) is 0 Å². The fourth-order valence-corrected chi connectivity index (χ4v) is 5.19. The fourth-order valence-electron chi connectivity index (χ4n) is 1.93. The molecule has 0 fully saturated rings. The number of nitrogens with zero attached hydrogens (tertiary/aromatic N) is 2. The standard InChI is InChI=1S/C11H15ClN2O3S2/c1-8-10(18-11(12)13-8)19(15,16)14-5-3-9(4-6-14)7-17-2/h3H,4-7H2,1-2H3. The van der Waals surface area contributed by atoms with E-state index in [2.05, 4.69) is 4.98 Å². The lowest BCUT2D eigenvalue weighted by Crippen LogP contribution is -2.35. The van der Waals surface area contributed by atoms with Crippen molar-refractivity contribution in [3.63, 3.8) is 0 Å². The van der Waals surface area contributed by atoms with E-state index in [9.17, 15) is 8.42 Å². The Balaban J connectivity index is 2.21. The number of ether oxygens (including phenoxy) is 1. The molecule has 0 amide bonds. The fraction of sp³-hybridized carbons (Fsp3) is 0.545. The van der Waals surface area contributed by atoms with Crippen LogP contribution in [0, 0.1) is 6.92 Å². The molecule has 0 aromatic carbocycles. The predicted molar refractivity (Wildman–Crippen MR) is 75.2 cm³/mol. The molecule has 1 aromatic heterocycles. The minimum absolute atomic E-state index is 0.237. The van der Waals surface area contributed by atoms with Gasteiger partial charge in [0.25, 0.3) is 10.0 Å². The summed E-state index contributed by atoms with van der Waals surface area (Å²) in [5.41, 5.74) is 1.59. The maximum absolute atomic E-state index is 12.5. The van der Waals surface area contributed by atoms with Crippen LogP contribution in [0.4, 0.5) is 0 Å². The zero-order chi connectivity index (χ0) is 14.0. The van der Waals surface area contributed by atoms with Crippen molar-refractivity contribution < 1.29 is 13.2 Å². The molecule has 0 aliphatic carbocycles. The monoisotopic (exact) mass is 322 g/mol. The van der Waals surface area contributed by atoms with Crippen LogP contribution in [-0.2, 0) is 14.8 Å². The summed E-state index contributed by atoms with van der Waals surface area (Å²) in [6, 6.07) is 0. The molecule has 5 nitrogen and oxygen atoms in total. The minimum Gasteiger partial charge on any atom is -0.380 e. The molecular weight excluding hydrogens is 308 g/mol. The second-order valence-corrected chi connectivity index (χ2v) is 7.96. The number of rotatable bonds is 4. The van der Waals surface area contributed by atoms with Crippen LogP contribution in [0.15, 0.2) is 15.9 Å². The van der Waals surface area contributed by atoms with Crippen molar-refractivity contribution in [2.45, 2.75) is 17.6 Å². The number of sulfonamides is 1. The van der Waals surface area contributed by atoms with Crippen molar-refractivity contribution in [2.24, 2.45) is 0 Å². The van der Waals surface area contributed by atoms with Gasteiger partial charge in [0.15, 0.2) is 8.68 Å². The first-order chi connectivity index (χ1) is 8.95. The highest BCUT2D eigenvalue weighted by molar-refractivity contribution is 7.91. The van der Waals surface area contributed by atoms with Gasteiger partial charge in [-0.3, -0.25) is 0 Å². The molecule has 19 heavy (non-hydrogen) atoms. The molecule has 0 spiro atoms. The van der Waals surface area contributed by atoms with Crippen LogP contribution in [0.25, 0.3) is 0 Å². The highest BCUT2D eigenvalue weighted by Gasteiger charge is 2.29. The Morgan fingerprint density at radius 1 is 1.58 bits per heavy atom. The summed E-state index contributed by atoms with van der Waals surface area (Å²) in [5.74, 6) is 0. The third-order valence-electron chi connectivity index (χ3n) is 2.90. The van der Waals surface area contributed by atoms with Crippen molar-refractivity contribution in [3.8, 4) is 0 Å². The molecule has 0 N–H and O–H groups in total. The lowest BCUT2D eigenvalue weighted by atomic mass is 10.1. The molecule has 0 saturated heterocycles. The molecule has 0 unspecified atom stereocenters. The Labute approximate surface area is 121 Å². The Morgan fingerprint density at radius 2 is 2.32 bits per heavy atom. The second-order valence-electron chi connectivity index (χ2n) is 4.25. The van der Waals surface area contributed by atoms with E-state index in [1.807, 2.05) is 6.08 Å². The molecule has 1 aliphatic heterocycles. The molecular formula is C11H15ClN2O3S2. The lowest BCUT2D eigenvalue weighted by Gasteiger charge is -2.25. The first-order valence-corrected chi connectivity index (χ1v) is 8.38. The van der Waals surface area contributed by atoms with E-state index >= 15 is 0 Å². The highest BCUT2D eigenvalue weighted by atomic mass is 35.5. The minimum atomic E-state index is -3.49. The van der Waals surface area contributed by atoms with Gasteiger partial charge in [-0.05, 0) is 18.9 Å². The number of thiazole rings is 1. The van der Waals surface area contributed by atoms with Gasteiger partial charge in [-0.25, -0.2) is 13.4 Å². The molecule has 106 valence electrons. The van der Waals surface area contributed by atoms with Gasteiger partial charge in [-0.2, -0.15) is 4.31 Å². The van der Waals surface area contributed by atoms with Crippen molar-refractivity contribution >= 4 is 33.0 Å². The SMILES string of the molecule is COCC1=CCN(S(=O)(=O)c2sc(Cl)nc2C)CC1. The molecule has 0 radical (unpaired) electrons. The van der Waals surface area contributed by atoms with E-state index in [-0.39, 0.29) is 8.68 Å². The smallest absolute Gasteiger partial charge is 0.254 e. The summed E-state index contributed by atoms with van der Waals surface area (Å²) >= 11 is 6.78. The average Bonchev–Trinajstić information content (AvgIpc) is 2.70. The largest absolute Gasteiger partial charge is 0.380 e. The molecule has 1 aromatic rings. The van der Waals surface area contributed by atoms with E-state index in [1.54, 1.807) is 14.0 Å². The van der Waals surface area contributed by atoms with Crippen LogP contribution in [0.3, 0.4) is 0 Å². The predicted octanol–water partition coefficient (Wildman–Crippen LogP) is 2.07. The number of methoxy groups -OCH3 is 1. The van der Waals surface area contributed by atoms with Crippen LogP contribution in [0.1, 0.15) is 12.1 Å². The summed E-state index contributed by atoms with van der Waals surface area (Å²) in [5, 5.41) is 0. The van der Waals surface area contributed by atoms with Crippen LogP contribution >= 0.6 is 22.9 Å².